The van der Waals surface area contributed by atoms with Gasteiger partial charge in [-0.2, -0.15) is 0 Å². The number of hydrogen-bond donors (Lipinski definition) is 1. The Morgan fingerprint density at radius 1 is 1.44 bits per heavy atom. The number of aromatic nitrogens is 1. The van der Waals surface area contributed by atoms with Crippen LogP contribution in [0.15, 0.2) is 24.3 Å². The molecule has 18 heavy (non-hydrogen) atoms. The van der Waals surface area contributed by atoms with Gasteiger partial charge in [0.05, 0.1) is 24.9 Å². The summed E-state index contributed by atoms with van der Waals surface area (Å²) in [4.78, 5) is 4.56. The molecule has 1 atom stereocenters. The van der Waals surface area contributed by atoms with Crippen LogP contribution in [0.25, 0.3) is 10.9 Å². The number of fused-ring (bicyclic) bond motifs is 1. The summed E-state index contributed by atoms with van der Waals surface area (Å²) in [5.41, 5.74) is 1.57. The molecule has 1 aliphatic heterocycles. The summed E-state index contributed by atoms with van der Waals surface area (Å²) >= 11 is 0. The minimum absolute atomic E-state index is 0.195. The molecule has 1 saturated heterocycles. The Morgan fingerprint density at radius 3 is 3.06 bits per heavy atom. The van der Waals surface area contributed by atoms with E-state index in [0.29, 0.717) is 6.61 Å². The van der Waals surface area contributed by atoms with Crippen molar-refractivity contribution in [3.8, 4) is 11.5 Å². The van der Waals surface area contributed by atoms with Gasteiger partial charge in [0.25, 0.3) is 0 Å². The fraction of sp³-hybridized carbons (Fsp3) is 0.357. The Labute approximate surface area is 105 Å². The zero-order valence-corrected chi connectivity index (χ0v) is 10.2. The number of aromatic hydroxyl groups is 1. The standard InChI is InChI=1S/C14H15NO3/c1-17-13-4-2-3-11-10(13)7-12(16)14(15-11)9-5-6-18-8-9/h2-4,7,9,16H,5-6,8H2,1H3. The molecule has 1 aliphatic rings. The largest absolute Gasteiger partial charge is 0.506 e. The molecule has 2 aromatic rings. The molecule has 1 unspecified atom stereocenters. The summed E-state index contributed by atoms with van der Waals surface area (Å²) in [5, 5.41) is 10.9. The number of hydrogen-bond acceptors (Lipinski definition) is 4. The van der Waals surface area contributed by atoms with E-state index in [4.69, 9.17) is 9.47 Å². The number of rotatable bonds is 2. The van der Waals surface area contributed by atoms with Crippen LogP contribution in [0.3, 0.4) is 0 Å². The van der Waals surface area contributed by atoms with E-state index in [1.54, 1.807) is 13.2 Å². The number of nitrogens with zero attached hydrogens (tertiary/aromatic N) is 1. The van der Waals surface area contributed by atoms with Crippen LogP contribution in [0, 0.1) is 0 Å². The molecule has 1 N–H and O–H groups in total. The lowest BCUT2D eigenvalue weighted by Gasteiger charge is -2.12. The third kappa shape index (κ3) is 1.78. The number of methoxy groups -OCH3 is 1. The molecule has 0 aliphatic carbocycles. The second-order valence-electron chi connectivity index (χ2n) is 4.48. The number of ether oxygens (including phenoxy) is 2. The van der Waals surface area contributed by atoms with Crippen LogP contribution in [0.1, 0.15) is 18.0 Å². The lowest BCUT2D eigenvalue weighted by atomic mass is 10.0. The topological polar surface area (TPSA) is 51.6 Å². The first-order valence-electron chi connectivity index (χ1n) is 6.04. The van der Waals surface area contributed by atoms with E-state index in [0.717, 1.165) is 35.4 Å². The van der Waals surface area contributed by atoms with E-state index < -0.39 is 0 Å². The van der Waals surface area contributed by atoms with E-state index in [2.05, 4.69) is 4.98 Å². The van der Waals surface area contributed by atoms with Gasteiger partial charge in [0.15, 0.2) is 0 Å². The predicted molar refractivity (Wildman–Crippen MR) is 68.1 cm³/mol. The minimum Gasteiger partial charge on any atom is -0.506 e. The summed E-state index contributed by atoms with van der Waals surface area (Å²) in [7, 11) is 1.62. The maximum Gasteiger partial charge on any atom is 0.138 e. The molecule has 0 amide bonds. The third-order valence-corrected chi connectivity index (χ3v) is 3.36. The van der Waals surface area contributed by atoms with Crippen LogP contribution < -0.4 is 4.74 Å². The Kier molecular flexibility index (Phi) is 2.80. The van der Waals surface area contributed by atoms with Crippen molar-refractivity contribution in [2.45, 2.75) is 12.3 Å². The molecule has 1 aromatic heterocycles. The van der Waals surface area contributed by atoms with Crippen LogP contribution in [-0.4, -0.2) is 30.4 Å². The van der Waals surface area contributed by atoms with Crippen molar-refractivity contribution < 1.29 is 14.6 Å². The monoisotopic (exact) mass is 245 g/mol. The maximum absolute atomic E-state index is 10.1. The highest BCUT2D eigenvalue weighted by Gasteiger charge is 2.23. The highest BCUT2D eigenvalue weighted by molar-refractivity contribution is 5.86. The summed E-state index contributed by atoms with van der Waals surface area (Å²) in [5.74, 6) is 1.15. The van der Waals surface area contributed by atoms with E-state index >= 15 is 0 Å². The van der Waals surface area contributed by atoms with Crippen molar-refractivity contribution in [1.29, 1.82) is 0 Å². The summed E-state index contributed by atoms with van der Waals surface area (Å²) in [6.07, 6.45) is 0.913. The fourth-order valence-electron chi connectivity index (χ4n) is 2.40. The third-order valence-electron chi connectivity index (χ3n) is 3.36. The molecular weight excluding hydrogens is 230 g/mol. The molecule has 0 bridgehead atoms. The summed E-state index contributed by atoms with van der Waals surface area (Å²) in [6.45, 7) is 1.37. The van der Waals surface area contributed by atoms with Crippen molar-refractivity contribution in [3.63, 3.8) is 0 Å². The Hall–Kier alpha value is -1.81. The molecule has 0 spiro atoms. The zero-order valence-electron chi connectivity index (χ0n) is 10.2. The van der Waals surface area contributed by atoms with Crippen LogP contribution >= 0.6 is 0 Å². The van der Waals surface area contributed by atoms with Gasteiger partial charge in [-0.15, -0.1) is 0 Å². The molecule has 94 valence electrons. The molecule has 1 fully saturated rings. The Bertz CT molecular complexity index is 577. The van der Waals surface area contributed by atoms with Gasteiger partial charge < -0.3 is 14.6 Å². The molecule has 0 radical (unpaired) electrons. The van der Waals surface area contributed by atoms with Gasteiger partial charge >= 0.3 is 0 Å². The quantitative estimate of drug-likeness (QED) is 0.883. The second kappa shape index (κ2) is 4.46. The summed E-state index contributed by atoms with van der Waals surface area (Å²) in [6, 6.07) is 7.42. The first-order chi connectivity index (χ1) is 8.79. The van der Waals surface area contributed by atoms with E-state index in [-0.39, 0.29) is 11.7 Å². The van der Waals surface area contributed by atoms with Crippen LogP contribution in [0.2, 0.25) is 0 Å². The zero-order chi connectivity index (χ0) is 12.5. The van der Waals surface area contributed by atoms with Crippen molar-refractivity contribution in [1.82, 2.24) is 4.98 Å². The van der Waals surface area contributed by atoms with Crippen molar-refractivity contribution in [2.24, 2.45) is 0 Å². The molecule has 3 rings (SSSR count). The summed E-state index contributed by atoms with van der Waals surface area (Å²) < 4.78 is 10.6. The highest BCUT2D eigenvalue weighted by Crippen LogP contribution is 2.35. The van der Waals surface area contributed by atoms with Crippen molar-refractivity contribution in [3.05, 3.63) is 30.0 Å². The van der Waals surface area contributed by atoms with Crippen LogP contribution in [0.5, 0.6) is 11.5 Å². The number of benzene rings is 1. The average molecular weight is 245 g/mol. The van der Waals surface area contributed by atoms with Crippen molar-refractivity contribution >= 4 is 10.9 Å². The predicted octanol–water partition coefficient (Wildman–Crippen LogP) is 2.45. The van der Waals surface area contributed by atoms with Crippen LogP contribution in [0.4, 0.5) is 0 Å². The van der Waals surface area contributed by atoms with Gasteiger partial charge in [0, 0.05) is 17.9 Å². The normalized spacial score (nSPS) is 19.3. The maximum atomic E-state index is 10.1. The van der Waals surface area contributed by atoms with E-state index in [9.17, 15) is 5.11 Å². The SMILES string of the molecule is COc1cccc2nc(C3CCOC3)c(O)cc12. The Morgan fingerprint density at radius 2 is 2.33 bits per heavy atom. The number of pyridine rings is 1. The smallest absolute Gasteiger partial charge is 0.138 e. The van der Waals surface area contributed by atoms with Gasteiger partial charge in [-0.25, -0.2) is 4.98 Å². The Balaban J connectivity index is 2.15. The molecular formula is C14H15NO3. The van der Waals surface area contributed by atoms with E-state index in [1.165, 1.54) is 0 Å². The highest BCUT2D eigenvalue weighted by atomic mass is 16.5. The lowest BCUT2D eigenvalue weighted by Crippen LogP contribution is -2.02. The van der Waals surface area contributed by atoms with Gasteiger partial charge in [-0.1, -0.05) is 6.07 Å². The van der Waals surface area contributed by atoms with Gasteiger partial charge in [0.1, 0.15) is 11.5 Å². The lowest BCUT2D eigenvalue weighted by molar-refractivity contribution is 0.193. The average Bonchev–Trinajstić information content (AvgIpc) is 2.91. The van der Waals surface area contributed by atoms with Crippen molar-refractivity contribution in [2.75, 3.05) is 20.3 Å². The molecule has 1 aromatic carbocycles. The fourth-order valence-corrected chi connectivity index (χ4v) is 2.40. The molecule has 2 heterocycles. The van der Waals surface area contributed by atoms with Crippen LogP contribution in [-0.2, 0) is 4.74 Å². The van der Waals surface area contributed by atoms with E-state index in [1.807, 2.05) is 18.2 Å². The second-order valence-corrected chi connectivity index (χ2v) is 4.48. The van der Waals surface area contributed by atoms with Gasteiger partial charge in [-0.05, 0) is 24.6 Å². The molecule has 4 heteroatoms. The first-order valence-corrected chi connectivity index (χ1v) is 6.04. The molecule has 4 nitrogen and oxygen atoms in total. The van der Waals surface area contributed by atoms with Gasteiger partial charge in [-0.3, -0.25) is 0 Å². The minimum atomic E-state index is 0.195. The van der Waals surface area contributed by atoms with Gasteiger partial charge in [0.2, 0.25) is 0 Å². The molecule has 0 saturated carbocycles. The first kappa shape index (κ1) is 11.3.